The van der Waals surface area contributed by atoms with Crippen molar-refractivity contribution < 1.29 is 0 Å². The smallest absolute Gasteiger partial charge is 0.186 e. The molecule has 0 atom stereocenters. The molecule has 0 fully saturated rings. The molecule has 0 amide bonds. The first-order chi connectivity index (χ1) is 9.43. The van der Waals surface area contributed by atoms with E-state index in [0.717, 1.165) is 27.8 Å². The van der Waals surface area contributed by atoms with Crippen molar-refractivity contribution >= 4 is 16.6 Å². The number of rotatable bonds is 1. The molecule has 4 aromatic rings. The first-order valence-corrected chi connectivity index (χ1v) is 5.94. The Kier molecular flexibility index (Phi) is 2.05. The molecule has 0 aliphatic carbocycles. The number of fused-ring (bicyclic) bond motifs is 3. The van der Waals surface area contributed by atoms with Gasteiger partial charge in [-0.05, 0) is 12.1 Å². The van der Waals surface area contributed by atoms with Crippen LogP contribution in [0.2, 0.25) is 0 Å². The Morgan fingerprint density at radius 1 is 0.947 bits per heavy atom. The lowest BCUT2D eigenvalue weighted by molar-refractivity contribution is 0.939. The second-order valence-electron chi connectivity index (χ2n) is 4.21. The van der Waals surface area contributed by atoms with Crippen LogP contribution in [0.25, 0.3) is 27.8 Å². The van der Waals surface area contributed by atoms with Crippen LogP contribution in [0.15, 0.2) is 55.0 Å². The zero-order valence-electron chi connectivity index (χ0n) is 9.93. The third-order valence-corrected chi connectivity index (χ3v) is 3.06. The van der Waals surface area contributed by atoms with E-state index in [0.29, 0.717) is 0 Å². The van der Waals surface area contributed by atoms with Gasteiger partial charge in [0.2, 0.25) is 0 Å². The van der Waals surface area contributed by atoms with E-state index >= 15 is 0 Å². The second-order valence-corrected chi connectivity index (χ2v) is 4.21. The lowest BCUT2D eigenvalue weighted by Crippen LogP contribution is -1.97. The van der Waals surface area contributed by atoms with Gasteiger partial charge < -0.3 is 0 Å². The molecular formula is C14H9N5. The van der Waals surface area contributed by atoms with Crippen LogP contribution in [0.1, 0.15) is 0 Å². The van der Waals surface area contributed by atoms with Gasteiger partial charge in [0.05, 0.1) is 0 Å². The molecule has 5 heteroatoms. The fourth-order valence-corrected chi connectivity index (χ4v) is 2.20. The lowest BCUT2D eigenvalue weighted by Gasteiger charge is -2.05. The van der Waals surface area contributed by atoms with E-state index in [1.807, 2.05) is 42.5 Å². The van der Waals surface area contributed by atoms with Gasteiger partial charge >= 0.3 is 0 Å². The van der Waals surface area contributed by atoms with Crippen molar-refractivity contribution in [1.82, 2.24) is 24.8 Å². The Hall–Kier alpha value is -2.82. The van der Waals surface area contributed by atoms with Gasteiger partial charge in [-0.25, -0.2) is 0 Å². The summed E-state index contributed by atoms with van der Waals surface area (Å²) in [5, 5.41) is 13.5. The van der Waals surface area contributed by atoms with Crippen molar-refractivity contribution in [3.05, 3.63) is 55.0 Å². The molecule has 5 nitrogen and oxygen atoms in total. The number of nitrogens with zero attached hydrogens (tertiary/aromatic N) is 5. The monoisotopic (exact) mass is 247 g/mol. The minimum atomic E-state index is 0.725. The molecule has 0 aliphatic rings. The number of hydrogen-bond acceptors (Lipinski definition) is 4. The Morgan fingerprint density at radius 2 is 1.84 bits per heavy atom. The van der Waals surface area contributed by atoms with Gasteiger partial charge in [-0.1, -0.05) is 30.3 Å². The SMILES string of the molecule is c1ccc(-c2nn3cnnc3c3cccnc23)cc1. The molecule has 0 bridgehead atoms. The molecule has 4 rings (SSSR count). The fraction of sp³-hybridized carbons (Fsp3) is 0. The van der Waals surface area contributed by atoms with Crippen molar-refractivity contribution in [2.75, 3.05) is 0 Å². The van der Waals surface area contributed by atoms with Crippen molar-refractivity contribution in [3.63, 3.8) is 0 Å². The summed E-state index contributed by atoms with van der Waals surface area (Å²) in [5.74, 6) is 0. The van der Waals surface area contributed by atoms with E-state index in [2.05, 4.69) is 20.3 Å². The maximum absolute atomic E-state index is 4.56. The molecule has 3 heterocycles. The van der Waals surface area contributed by atoms with Crippen LogP contribution >= 0.6 is 0 Å². The predicted octanol–water partition coefficient (Wildman–Crippen LogP) is 2.34. The first kappa shape index (κ1) is 10.1. The highest BCUT2D eigenvalue weighted by molar-refractivity contribution is 5.98. The van der Waals surface area contributed by atoms with Gasteiger partial charge in [-0.3, -0.25) is 4.98 Å². The largest absolute Gasteiger partial charge is 0.254 e. The Balaban J connectivity index is 2.19. The average Bonchev–Trinajstić information content (AvgIpc) is 2.96. The molecule has 19 heavy (non-hydrogen) atoms. The summed E-state index contributed by atoms with van der Waals surface area (Å²) in [6, 6.07) is 13.9. The number of pyridine rings is 1. The van der Waals surface area contributed by atoms with Crippen LogP contribution < -0.4 is 0 Å². The van der Waals surface area contributed by atoms with Crippen molar-refractivity contribution in [3.8, 4) is 11.3 Å². The minimum Gasteiger partial charge on any atom is -0.254 e. The first-order valence-electron chi connectivity index (χ1n) is 5.94. The molecule has 3 aromatic heterocycles. The van der Waals surface area contributed by atoms with Crippen LogP contribution in [0.4, 0.5) is 0 Å². The Morgan fingerprint density at radius 3 is 2.74 bits per heavy atom. The topological polar surface area (TPSA) is 56.0 Å². The third kappa shape index (κ3) is 1.48. The van der Waals surface area contributed by atoms with E-state index in [1.165, 1.54) is 0 Å². The number of benzene rings is 1. The predicted molar refractivity (Wildman–Crippen MR) is 71.5 cm³/mol. The minimum absolute atomic E-state index is 0.725. The maximum atomic E-state index is 4.56. The standard InChI is InChI=1S/C14H9N5/c1-2-5-10(6-3-1)12-13-11(7-4-8-15-13)14-17-16-9-19(14)18-12/h1-9H. The molecular weight excluding hydrogens is 238 g/mol. The van der Waals surface area contributed by atoms with Crippen LogP contribution in [0.3, 0.4) is 0 Å². The molecule has 0 unspecified atom stereocenters. The molecule has 0 spiro atoms. The number of aromatic nitrogens is 5. The normalized spacial score (nSPS) is 11.2. The van der Waals surface area contributed by atoms with Gasteiger partial charge in [-0.15, -0.1) is 10.2 Å². The molecule has 0 radical (unpaired) electrons. The van der Waals surface area contributed by atoms with Gasteiger partial charge in [0.15, 0.2) is 5.65 Å². The molecule has 0 saturated heterocycles. The fourth-order valence-electron chi connectivity index (χ4n) is 2.20. The highest BCUT2D eigenvalue weighted by Gasteiger charge is 2.11. The summed E-state index contributed by atoms with van der Waals surface area (Å²) in [5.41, 5.74) is 3.43. The third-order valence-electron chi connectivity index (χ3n) is 3.06. The lowest BCUT2D eigenvalue weighted by atomic mass is 10.1. The van der Waals surface area contributed by atoms with E-state index in [1.54, 1.807) is 17.0 Å². The van der Waals surface area contributed by atoms with Gasteiger partial charge in [-0.2, -0.15) is 9.61 Å². The highest BCUT2D eigenvalue weighted by Crippen LogP contribution is 2.26. The molecule has 0 N–H and O–H groups in total. The summed E-state index contributed by atoms with van der Waals surface area (Å²) in [6.07, 6.45) is 3.37. The molecule has 0 aliphatic heterocycles. The van der Waals surface area contributed by atoms with Crippen LogP contribution in [-0.4, -0.2) is 24.8 Å². The zero-order chi connectivity index (χ0) is 12.7. The maximum Gasteiger partial charge on any atom is 0.186 e. The second kappa shape index (κ2) is 3.84. The summed E-state index contributed by atoms with van der Waals surface area (Å²) in [7, 11) is 0. The quantitative estimate of drug-likeness (QED) is 0.518. The van der Waals surface area contributed by atoms with Crippen molar-refractivity contribution in [2.45, 2.75) is 0 Å². The van der Waals surface area contributed by atoms with Gasteiger partial charge in [0, 0.05) is 17.1 Å². The average molecular weight is 247 g/mol. The summed E-state index contributed by atoms with van der Waals surface area (Å²) < 4.78 is 1.69. The Labute approximate surface area is 108 Å². The van der Waals surface area contributed by atoms with Crippen molar-refractivity contribution in [1.29, 1.82) is 0 Å². The summed E-state index contributed by atoms with van der Waals surface area (Å²) >= 11 is 0. The van der Waals surface area contributed by atoms with Crippen LogP contribution in [-0.2, 0) is 0 Å². The van der Waals surface area contributed by atoms with E-state index < -0.39 is 0 Å². The summed E-state index contributed by atoms with van der Waals surface area (Å²) in [6.45, 7) is 0. The van der Waals surface area contributed by atoms with E-state index in [9.17, 15) is 0 Å². The van der Waals surface area contributed by atoms with Gasteiger partial charge in [0.25, 0.3) is 0 Å². The van der Waals surface area contributed by atoms with Crippen LogP contribution in [0.5, 0.6) is 0 Å². The van der Waals surface area contributed by atoms with E-state index in [-0.39, 0.29) is 0 Å². The van der Waals surface area contributed by atoms with E-state index in [4.69, 9.17) is 0 Å². The molecule has 90 valence electrons. The molecule has 0 saturated carbocycles. The highest BCUT2D eigenvalue weighted by atomic mass is 15.3. The van der Waals surface area contributed by atoms with Gasteiger partial charge in [0.1, 0.15) is 17.5 Å². The van der Waals surface area contributed by atoms with Crippen LogP contribution in [0, 0.1) is 0 Å². The Bertz CT molecular complexity index is 867. The molecule has 1 aromatic carbocycles. The number of hydrogen-bond donors (Lipinski definition) is 0. The zero-order valence-corrected chi connectivity index (χ0v) is 9.93. The summed E-state index contributed by atoms with van der Waals surface area (Å²) in [4.78, 5) is 4.44. The van der Waals surface area contributed by atoms with Crippen molar-refractivity contribution in [2.24, 2.45) is 0 Å².